The van der Waals surface area contributed by atoms with E-state index in [0.717, 1.165) is 11.8 Å². The van der Waals surface area contributed by atoms with Crippen molar-refractivity contribution in [3.05, 3.63) is 71.3 Å². The fraction of sp³-hybridized carbons (Fsp3) is 0.571. The standard InChI is InChI=1S/C28H38F2N6O8S/c29-15-5-1-3-13(7-15)17-9-35(33-31-17)21-23(39)19(11-37)43-27(25(21)41)45-28-26(42)22(24(40)20(12-38)44-28)36-10-18(32-34-36)14-4-2-6-16(30)8-14/h1-8,17-28,31-34,37-42H,9-12H2/t17?,18?,19-,20-,21+,22+,23+,24+,25-,26-,27+,28+/m1/s1. The predicted molar refractivity (Wildman–Crippen MR) is 155 cm³/mol. The zero-order chi connectivity index (χ0) is 31.8. The molecule has 14 nitrogen and oxygen atoms in total. The zero-order valence-corrected chi connectivity index (χ0v) is 24.8. The lowest BCUT2D eigenvalue weighted by molar-refractivity contribution is -0.203. The van der Waals surface area contributed by atoms with E-state index in [2.05, 4.69) is 21.9 Å². The molecule has 248 valence electrons. The average molecular weight is 657 g/mol. The minimum absolute atomic E-state index is 0.224. The molecule has 0 aliphatic carbocycles. The van der Waals surface area contributed by atoms with Crippen LogP contribution < -0.4 is 21.9 Å². The number of aliphatic hydroxyl groups is 6. The van der Waals surface area contributed by atoms with E-state index in [1.54, 1.807) is 34.3 Å². The highest BCUT2D eigenvalue weighted by molar-refractivity contribution is 8.00. The van der Waals surface area contributed by atoms with Crippen molar-refractivity contribution >= 4 is 11.8 Å². The summed E-state index contributed by atoms with van der Waals surface area (Å²) >= 11 is 0.886. The first-order valence-electron chi connectivity index (χ1n) is 14.7. The Bertz CT molecular complexity index is 1220. The molecule has 4 saturated heterocycles. The van der Waals surface area contributed by atoms with Crippen molar-refractivity contribution in [1.82, 2.24) is 31.9 Å². The molecule has 0 spiro atoms. The van der Waals surface area contributed by atoms with Crippen molar-refractivity contribution in [2.75, 3.05) is 26.3 Å². The number of hydrogen-bond donors (Lipinski definition) is 10. The van der Waals surface area contributed by atoms with Crippen molar-refractivity contribution in [3.8, 4) is 0 Å². The van der Waals surface area contributed by atoms with E-state index in [9.17, 15) is 39.4 Å². The summed E-state index contributed by atoms with van der Waals surface area (Å²) in [5.41, 5.74) is 10.9. The Labute approximate surface area is 261 Å². The van der Waals surface area contributed by atoms with E-state index >= 15 is 0 Å². The van der Waals surface area contributed by atoms with Gasteiger partial charge in [0.25, 0.3) is 0 Å². The maximum absolute atomic E-state index is 13.8. The number of halogens is 2. The van der Waals surface area contributed by atoms with Gasteiger partial charge in [0.05, 0.1) is 37.4 Å². The number of hydrazine groups is 4. The molecule has 0 saturated carbocycles. The van der Waals surface area contributed by atoms with Crippen LogP contribution in [-0.2, 0) is 9.47 Å². The van der Waals surface area contributed by atoms with E-state index in [-0.39, 0.29) is 25.2 Å². The first-order valence-corrected chi connectivity index (χ1v) is 15.6. The second kappa shape index (κ2) is 14.1. The second-order valence-corrected chi connectivity index (χ2v) is 12.8. The van der Waals surface area contributed by atoms with Gasteiger partial charge in [-0.05, 0) is 35.4 Å². The van der Waals surface area contributed by atoms with Crippen molar-refractivity contribution in [3.63, 3.8) is 0 Å². The minimum Gasteiger partial charge on any atom is -0.394 e. The molecule has 0 amide bonds. The first kappa shape index (κ1) is 33.0. The van der Waals surface area contributed by atoms with Crippen LogP contribution in [-0.4, -0.2) is 127 Å². The summed E-state index contributed by atoms with van der Waals surface area (Å²) in [7, 11) is 0. The lowest BCUT2D eigenvalue weighted by Crippen LogP contribution is -2.68. The Kier molecular flexibility index (Phi) is 10.3. The summed E-state index contributed by atoms with van der Waals surface area (Å²) in [4.78, 5) is 0. The Balaban J connectivity index is 1.17. The highest BCUT2D eigenvalue weighted by Crippen LogP contribution is 2.39. The Morgan fingerprint density at radius 3 is 1.49 bits per heavy atom. The van der Waals surface area contributed by atoms with Gasteiger partial charge in [-0.25, -0.2) is 29.7 Å². The molecule has 0 radical (unpaired) electrons. The molecule has 4 heterocycles. The van der Waals surface area contributed by atoms with Gasteiger partial charge in [0, 0.05) is 13.1 Å². The first-order chi connectivity index (χ1) is 21.7. The molecule has 2 aromatic carbocycles. The molecule has 2 unspecified atom stereocenters. The van der Waals surface area contributed by atoms with Crippen LogP contribution in [0.2, 0.25) is 0 Å². The van der Waals surface area contributed by atoms with E-state index < -0.39 is 84.4 Å². The summed E-state index contributed by atoms with van der Waals surface area (Å²) in [6.07, 6.45) is -7.66. The molecule has 4 aliphatic heterocycles. The fourth-order valence-corrected chi connectivity index (χ4v) is 7.67. The van der Waals surface area contributed by atoms with Crippen LogP contribution >= 0.6 is 11.8 Å². The van der Waals surface area contributed by atoms with E-state index in [1.807, 2.05) is 0 Å². The molecule has 4 fully saturated rings. The molecule has 12 atom stereocenters. The van der Waals surface area contributed by atoms with E-state index in [0.29, 0.717) is 11.1 Å². The number of aliphatic hydroxyl groups excluding tert-OH is 6. The average Bonchev–Trinajstić information content (AvgIpc) is 3.71. The van der Waals surface area contributed by atoms with Gasteiger partial charge in [-0.3, -0.25) is 0 Å². The minimum atomic E-state index is -1.38. The summed E-state index contributed by atoms with van der Waals surface area (Å²) in [6, 6.07) is 9.29. The highest BCUT2D eigenvalue weighted by Gasteiger charge is 2.53. The summed E-state index contributed by atoms with van der Waals surface area (Å²) in [5.74, 6) is -0.813. The third kappa shape index (κ3) is 6.75. The lowest BCUT2D eigenvalue weighted by atomic mass is 9.96. The van der Waals surface area contributed by atoms with Crippen molar-refractivity contribution in [2.45, 2.75) is 71.7 Å². The van der Waals surface area contributed by atoms with Crippen LogP contribution in [0.4, 0.5) is 8.78 Å². The van der Waals surface area contributed by atoms with Crippen molar-refractivity contribution < 1.29 is 48.9 Å². The van der Waals surface area contributed by atoms with Crippen LogP contribution in [0.3, 0.4) is 0 Å². The number of hydrogen-bond acceptors (Lipinski definition) is 15. The van der Waals surface area contributed by atoms with Crippen LogP contribution in [0, 0.1) is 11.6 Å². The zero-order valence-electron chi connectivity index (χ0n) is 23.9. The SMILES string of the molecule is OC[C@H]1O[C@@H](S[C@@H]2O[C@H](CO)[C@H](O)[C@H](N3CC(c4cccc(F)c4)NN3)[C@H]2O)[C@H](O)[C@@H](N2CC(c3cccc(F)c3)NN2)[C@H]1O. The van der Waals surface area contributed by atoms with Gasteiger partial charge in [0.2, 0.25) is 0 Å². The quantitative estimate of drug-likeness (QED) is 0.146. The highest BCUT2D eigenvalue weighted by atomic mass is 32.2. The molecule has 4 aliphatic rings. The Morgan fingerprint density at radius 1 is 0.689 bits per heavy atom. The third-order valence-electron chi connectivity index (χ3n) is 8.71. The van der Waals surface area contributed by atoms with Gasteiger partial charge in [0.15, 0.2) is 0 Å². The van der Waals surface area contributed by atoms with Crippen LogP contribution in [0.1, 0.15) is 23.2 Å². The summed E-state index contributed by atoms with van der Waals surface area (Å²) in [5, 5.41) is 68.2. The second-order valence-electron chi connectivity index (χ2n) is 11.6. The Hall–Kier alpha value is -1.91. The van der Waals surface area contributed by atoms with E-state index in [1.165, 1.54) is 24.3 Å². The molecule has 0 bridgehead atoms. The van der Waals surface area contributed by atoms with Crippen molar-refractivity contribution in [1.29, 1.82) is 0 Å². The maximum atomic E-state index is 13.8. The third-order valence-corrected chi connectivity index (χ3v) is 10.0. The summed E-state index contributed by atoms with van der Waals surface area (Å²) < 4.78 is 39.4. The monoisotopic (exact) mass is 656 g/mol. The molecular weight excluding hydrogens is 618 g/mol. The molecule has 2 aromatic rings. The van der Waals surface area contributed by atoms with Gasteiger partial charge < -0.3 is 40.1 Å². The molecule has 6 rings (SSSR count). The van der Waals surface area contributed by atoms with Gasteiger partial charge in [-0.15, -0.1) is 0 Å². The molecular formula is C28H38F2N6O8S. The summed E-state index contributed by atoms with van der Waals surface area (Å²) in [6.45, 7) is -0.701. The normalized spacial score (nSPS) is 39.8. The number of ether oxygens (including phenoxy) is 2. The predicted octanol–water partition coefficient (Wildman–Crippen LogP) is -2.25. The van der Waals surface area contributed by atoms with Crippen LogP contribution in [0.25, 0.3) is 0 Å². The van der Waals surface area contributed by atoms with E-state index in [4.69, 9.17) is 9.47 Å². The largest absolute Gasteiger partial charge is 0.394 e. The maximum Gasteiger partial charge on any atom is 0.133 e. The van der Waals surface area contributed by atoms with Crippen LogP contribution in [0.5, 0.6) is 0 Å². The van der Waals surface area contributed by atoms with Crippen molar-refractivity contribution in [2.24, 2.45) is 0 Å². The topological polar surface area (TPSA) is 194 Å². The molecule has 0 aromatic heterocycles. The van der Waals surface area contributed by atoms with Crippen LogP contribution in [0.15, 0.2) is 48.5 Å². The fourth-order valence-electron chi connectivity index (χ4n) is 6.34. The van der Waals surface area contributed by atoms with Gasteiger partial charge in [-0.2, -0.15) is 11.1 Å². The number of nitrogens with one attached hydrogen (secondary N) is 4. The van der Waals surface area contributed by atoms with Gasteiger partial charge in [0.1, 0.15) is 59.1 Å². The molecule has 10 N–H and O–H groups in total. The number of thioether (sulfide) groups is 1. The number of nitrogens with zero attached hydrogens (tertiary/aromatic N) is 2. The number of rotatable bonds is 8. The number of benzene rings is 2. The van der Waals surface area contributed by atoms with Gasteiger partial charge in [-0.1, -0.05) is 36.0 Å². The molecule has 17 heteroatoms. The smallest absolute Gasteiger partial charge is 0.133 e. The molecule has 45 heavy (non-hydrogen) atoms. The Morgan fingerprint density at radius 2 is 1.11 bits per heavy atom. The van der Waals surface area contributed by atoms with Gasteiger partial charge >= 0.3 is 0 Å². The lowest BCUT2D eigenvalue weighted by Gasteiger charge is -2.49.